The van der Waals surface area contributed by atoms with Crippen molar-refractivity contribution in [1.29, 1.82) is 0 Å². The lowest BCUT2D eigenvalue weighted by atomic mass is 10.1. The molecule has 1 aromatic rings. The van der Waals surface area contributed by atoms with Crippen LogP contribution in [0.15, 0.2) is 18.2 Å². The van der Waals surface area contributed by atoms with Crippen molar-refractivity contribution in [1.82, 2.24) is 0 Å². The summed E-state index contributed by atoms with van der Waals surface area (Å²) in [4.78, 5) is 11.2. The van der Waals surface area contributed by atoms with Crippen LogP contribution in [0.3, 0.4) is 0 Å². The highest BCUT2D eigenvalue weighted by Crippen LogP contribution is 2.33. The van der Waals surface area contributed by atoms with E-state index in [1.54, 1.807) is 6.07 Å². The van der Waals surface area contributed by atoms with E-state index >= 15 is 0 Å². The first-order valence-electron chi connectivity index (χ1n) is 5.35. The number of sulfonamides is 1. The molecule has 0 radical (unpaired) electrons. The molecule has 1 atom stereocenters. The Bertz CT molecular complexity index is 599. The topological polar surface area (TPSA) is 74.7 Å². The molecule has 1 aromatic carbocycles. The molecule has 1 unspecified atom stereocenters. The number of anilines is 1. The third kappa shape index (κ3) is 2.18. The lowest BCUT2D eigenvalue weighted by Crippen LogP contribution is -2.27. The summed E-state index contributed by atoms with van der Waals surface area (Å²) >= 11 is 5.83. The molecule has 1 heterocycles. The highest BCUT2D eigenvalue weighted by molar-refractivity contribution is 7.93. The van der Waals surface area contributed by atoms with Crippen LogP contribution in [0.2, 0.25) is 5.02 Å². The molecule has 2 rings (SSSR count). The van der Waals surface area contributed by atoms with Crippen molar-refractivity contribution >= 4 is 33.3 Å². The number of rotatable bonds is 2. The minimum absolute atomic E-state index is 0.0264. The van der Waals surface area contributed by atoms with Gasteiger partial charge in [-0.25, -0.2) is 13.2 Å². The fraction of sp³-hybridized carbons (Fsp3) is 0.364. The molecule has 0 bridgehead atoms. The second kappa shape index (κ2) is 4.44. The van der Waals surface area contributed by atoms with E-state index in [1.807, 2.05) is 6.92 Å². The lowest BCUT2D eigenvalue weighted by molar-refractivity contribution is 0.0698. The van der Waals surface area contributed by atoms with E-state index < -0.39 is 16.0 Å². The zero-order valence-corrected chi connectivity index (χ0v) is 11.2. The van der Waals surface area contributed by atoms with Crippen molar-refractivity contribution in [3.63, 3.8) is 0 Å². The highest BCUT2D eigenvalue weighted by atomic mass is 35.5. The summed E-state index contributed by atoms with van der Waals surface area (Å²) in [6.45, 7) is 2.09. The second-order valence-electron chi connectivity index (χ2n) is 4.35. The first-order chi connectivity index (χ1) is 8.33. The summed E-state index contributed by atoms with van der Waals surface area (Å²) in [6, 6.07) is 4.44. The summed E-state index contributed by atoms with van der Waals surface area (Å²) in [5.41, 5.74) is -0.0313. The molecule has 1 aliphatic rings. The maximum atomic E-state index is 11.9. The SMILES string of the molecule is CC1CN(c2cccc(Cl)c2C(=O)O)S(=O)(=O)C1. The van der Waals surface area contributed by atoms with Gasteiger partial charge in [-0.05, 0) is 18.1 Å². The predicted octanol–water partition coefficient (Wildman–Crippen LogP) is 1.82. The summed E-state index contributed by atoms with van der Waals surface area (Å²) in [5.74, 6) is -1.24. The molecule has 18 heavy (non-hydrogen) atoms. The van der Waals surface area contributed by atoms with E-state index in [0.717, 1.165) is 4.31 Å². The molecule has 98 valence electrons. The minimum Gasteiger partial charge on any atom is -0.478 e. The van der Waals surface area contributed by atoms with Gasteiger partial charge in [-0.1, -0.05) is 24.6 Å². The van der Waals surface area contributed by atoms with Gasteiger partial charge in [0.1, 0.15) is 5.56 Å². The molecule has 1 aliphatic heterocycles. The van der Waals surface area contributed by atoms with Crippen molar-refractivity contribution in [2.24, 2.45) is 5.92 Å². The molecule has 1 fully saturated rings. The summed E-state index contributed by atoms with van der Waals surface area (Å²) < 4.78 is 25.0. The predicted molar refractivity (Wildman–Crippen MR) is 68.7 cm³/mol. The zero-order valence-electron chi connectivity index (χ0n) is 9.63. The molecule has 0 amide bonds. The van der Waals surface area contributed by atoms with Gasteiger partial charge in [0.2, 0.25) is 10.0 Å². The van der Waals surface area contributed by atoms with Crippen molar-refractivity contribution in [2.45, 2.75) is 6.92 Å². The van der Waals surface area contributed by atoms with Gasteiger partial charge in [-0.2, -0.15) is 0 Å². The number of halogens is 1. The third-order valence-electron chi connectivity index (χ3n) is 2.78. The van der Waals surface area contributed by atoms with Crippen LogP contribution in [-0.4, -0.2) is 31.8 Å². The molecule has 0 saturated carbocycles. The Hall–Kier alpha value is -1.27. The van der Waals surface area contributed by atoms with Crippen LogP contribution in [0.25, 0.3) is 0 Å². The highest BCUT2D eigenvalue weighted by Gasteiger charge is 2.36. The largest absolute Gasteiger partial charge is 0.478 e. The number of carbonyl (C=O) groups is 1. The molecular weight excluding hydrogens is 278 g/mol. The maximum Gasteiger partial charge on any atom is 0.339 e. The van der Waals surface area contributed by atoms with Gasteiger partial charge in [-0.3, -0.25) is 4.31 Å². The fourth-order valence-corrected chi connectivity index (χ4v) is 4.27. The van der Waals surface area contributed by atoms with E-state index in [9.17, 15) is 13.2 Å². The standard InChI is InChI=1S/C11H12ClNO4S/c1-7-5-13(18(16,17)6-7)9-4-2-3-8(12)10(9)11(14)15/h2-4,7H,5-6H2,1H3,(H,14,15). The van der Waals surface area contributed by atoms with E-state index in [-0.39, 0.29) is 34.5 Å². The van der Waals surface area contributed by atoms with Gasteiger partial charge >= 0.3 is 5.97 Å². The van der Waals surface area contributed by atoms with Gasteiger partial charge in [0.25, 0.3) is 0 Å². The van der Waals surface area contributed by atoms with Gasteiger partial charge in [0.05, 0.1) is 16.5 Å². The van der Waals surface area contributed by atoms with Gasteiger partial charge < -0.3 is 5.11 Å². The van der Waals surface area contributed by atoms with Crippen molar-refractivity contribution < 1.29 is 18.3 Å². The Labute approximate surface area is 110 Å². The van der Waals surface area contributed by atoms with Crippen LogP contribution >= 0.6 is 11.6 Å². The van der Waals surface area contributed by atoms with Gasteiger partial charge in [0, 0.05) is 6.54 Å². The van der Waals surface area contributed by atoms with E-state index in [4.69, 9.17) is 16.7 Å². The summed E-state index contributed by atoms with van der Waals surface area (Å²) in [6.07, 6.45) is 0. The van der Waals surface area contributed by atoms with Crippen molar-refractivity contribution in [3.8, 4) is 0 Å². The van der Waals surface area contributed by atoms with Crippen LogP contribution in [0.1, 0.15) is 17.3 Å². The molecule has 1 saturated heterocycles. The molecule has 0 spiro atoms. The van der Waals surface area contributed by atoms with E-state index in [1.165, 1.54) is 12.1 Å². The quantitative estimate of drug-likeness (QED) is 0.901. The van der Waals surface area contributed by atoms with Crippen LogP contribution in [-0.2, 0) is 10.0 Å². The Morgan fingerprint density at radius 2 is 2.17 bits per heavy atom. The monoisotopic (exact) mass is 289 g/mol. The number of carboxylic acid groups (broad SMARTS) is 1. The molecule has 7 heteroatoms. The minimum atomic E-state index is -3.45. The Morgan fingerprint density at radius 3 is 2.67 bits per heavy atom. The van der Waals surface area contributed by atoms with Crippen LogP contribution in [0.4, 0.5) is 5.69 Å². The fourth-order valence-electron chi connectivity index (χ4n) is 2.08. The Morgan fingerprint density at radius 1 is 1.50 bits per heavy atom. The third-order valence-corrected chi connectivity index (χ3v) is 5.11. The summed E-state index contributed by atoms with van der Waals surface area (Å²) in [7, 11) is -3.45. The average molecular weight is 290 g/mol. The molecular formula is C11H12ClNO4S. The first kappa shape index (κ1) is 13.2. The van der Waals surface area contributed by atoms with Gasteiger partial charge in [-0.15, -0.1) is 0 Å². The maximum absolute atomic E-state index is 11.9. The summed E-state index contributed by atoms with van der Waals surface area (Å²) in [5, 5.41) is 9.17. The lowest BCUT2D eigenvalue weighted by Gasteiger charge is -2.19. The first-order valence-corrected chi connectivity index (χ1v) is 7.34. The smallest absolute Gasteiger partial charge is 0.339 e. The number of nitrogens with zero attached hydrogens (tertiary/aromatic N) is 1. The van der Waals surface area contributed by atoms with Crippen LogP contribution in [0, 0.1) is 5.92 Å². The number of hydrogen-bond donors (Lipinski definition) is 1. The number of aromatic carboxylic acids is 1. The molecule has 0 aromatic heterocycles. The molecule has 1 N–H and O–H groups in total. The second-order valence-corrected chi connectivity index (χ2v) is 6.70. The number of benzene rings is 1. The van der Waals surface area contributed by atoms with Crippen molar-refractivity contribution in [2.75, 3.05) is 16.6 Å². The Kier molecular flexibility index (Phi) is 3.25. The molecule has 0 aliphatic carbocycles. The van der Waals surface area contributed by atoms with E-state index in [2.05, 4.69) is 0 Å². The van der Waals surface area contributed by atoms with Crippen molar-refractivity contribution in [3.05, 3.63) is 28.8 Å². The number of hydrogen-bond acceptors (Lipinski definition) is 3. The van der Waals surface area contributed by atoms with E-state index in [0.29, 0.717) is 0 Å². The Balaban J connectivity index is 2.59. The molecule has 5 nitrogen and oxygen atoms in total. The zero-order chi connectivity index (χ0) is 13.5. The van der Waals surface area contributed by atoms with Gasteiger partial charge in [0.15, 0.2) is 0 Å². The average Bonchev–Trinajstić information content (AvgIpc) is 2.50. The van der Waals surface area contributed by atoms with Crippen LogP contribution in [0.5, 0.6) is 0 Å². The number of carboxylic acids is 1. The normalized spacial score (nSPS) is 22.1. The van der Waals surface area contributed by atoms with Crippen LogP contribution < -0.4 is 4.31 Å².